The van der Waals surface area contributed by atoms with Crippen molar-refractivity contribution in [1.29, 1.82) is 0 Å². The van der Waals surface area contributed by atoms with Crippen molar-refractivity contribution in [3.8, 4) is 0 Å². The van der Waals surface area contributed by atoms with Gasteiger partial charge in [0.25, 0.3) is 0 Å². The van der Waals surface area contributed by atoms with Gasteiger partial charge in [-0.2, -0.15) is 0 Å². The molecule has 52 valence electrons. The number of hydrogen-bond acceptors (Lipinski definition) is 1. The number of benzene rings is 1. The molecule has 0 unspecified atom stereocenters. The Bertz CT molecular complexity index is 224. The summed E-state index contributed by atoms with van der Waals surface area (Å²) in [6, 6.07) is 9.37. The molecule has 0 aromatic heterocycles. The molecule has 1 nitrogen and oxygen atoms in total. The molecule has 0 spiro atoms. The largest absolute Gasteiger partial charge is 0.233 e. The third-order valence-corrected chi connectivity index (χ3v) is 1.03. The maximum atomic E-state index is 9.79. The van der Waals surface area contributed by atoms with Gasteiger partial charge in [-0.3, -0.25) is 0 Å². The summed E-state index contributed by atoms with van der Waals surface area (Å²) >= 11 is 0. The Labute approximate surface area is 72.8 Å². The minimum atomic E-state index is 0. The smallest absolute Gasteiger partial charge is 0.125 e. The van der Waals surface area contributed by atoms with E-state index in [2.05, 4.69) is 0 Å². The minimum absolute atomic E-state index is 0. The molecule has 10 heavy (non-hydrogen) atoms. The van der Waals surface area contributed by atoms with Gasteiger partial charge in [0.2, 0.25) is 0 Å². The van der Waals surface area contributed by atoms with E-state index in [1.807, 2.05) is 30.3 Å². The van der Waals surface area contributed by atoms with Gasteiger partial charge in [-0.1, -0.05) is 30.3 Å². The van der Waals surface area contributed by atoms with Gasteiger partial charge in [0.1, 0.15) is 5.94 Å². The Morgan fingerprint density at radius 2 is 1.80 bits per heavy atom. The van der Waals surface area contributed by atoms with Crippen LogP contribution in [0.3, 0.4) is 0 Å². The van der Waals surface area contributed by atoms with E-state index in [1.165, 1.54) is 6.08 Å². The van der Waals surface area contributed by atoms with Gasteiger partial charge in [-0.15, -0.1) is 0 Å². The second kappa shape index (κ2) is 5.12. The van der Waals surface area contributed by atoms with E-state index >= 15 is 0 Å². The van der Waals surface area contributed by atoms with E-state index in [9.17, 15) is 4.79 Å². The van der Waals surface area contributed by atoms with Gasteiger partial charge in [-0.05, 0) is 5.56 Å². The van der Waals surface area contributed by atoms with Crippen LogP contribution in [0, 0.1) is 0 Å². The standard InChI is InChI=1S/C8H6O.Os/c9-7-6-8-4-2-1-3-5-8;/h1-6H;. The Hall–Kier alpha value is -0.694. The van der Waals surface area contributed by atoms with Crippen LogP contribution < -0.4 is 0 Å². The topological polar surface area (TPSA) is 17.1 Å². The normalized spacial score (nSPS) is 7.20. The first-order valence-electron chi connectivity index (χ1n) is 2.69. The summed E-state index contributed by atoms with van der Waals surface area (Å²) in [7, 11) is 0. The second-order valence-corrected chi connectivity index (χ2v) is 1.67. The quantitative estimate of drug-likeness (QED) is 0.719. The minimum Gasteiger partial charge on any atom is -0.233 e. The summed E-state index contributed by atoms with van der Waals surface area (Å²) in [5, 5.41) is 0. The van der Waals surface area contributed by atoms with Crippen LogP contribution in [0.2, 0.25) is 0 Å². The molecule has 0 fully saturated rings. The summed E-state index contributed by atoms with van der Waals surface area (Å²) in [5.74, 6) is 1.71. The molecule has 0 bridgehead atoms. The van der Waals surface area contributed by atoms with Crippen LogP contribution in [0.1, 0.15) is 5.56 Å². The summed E-state index contributed by atoms with van der Waals surface area (Å²) in [6.07, 6.45) is 1.40. The first kappa shape index (κ1) is 9.31. The molecule has 0 saturated carbocycles. The van der Waals surface area contributed by atoms with Gasteiger partial charge in [-0.25, -0.2) is 4.79 Å². The van der Waals surface area contributed by atoms with Crippen molar-refractivity contribution in [2.75, 3.05) is 0 Å². The van der Waals surface area contributed by atoms with Crippen molar-refractivity contribution in [3.05, 3.63) is 35.9 Å². The molecule has 2 heteroatoms. The van der Waals surface area contributed by atoms with Crippen molar-refractivity contribution in [1.82, 2.24) is 0 Å². The Morgan fingerprint density at radius 3 is 2.30 bits per heavy atom. The second-order valence-electron chi connectivity index (χ2n) is 1.67. The van der Waals surface area contributed by atoms with Crippen LogP contribution in [0.5, 0.6) is 0 Å². The Balaban J connectivity index is 0.000000810. The first-order valence-corrected chi connectivity index (χ1v) is 2.69. The van der Waals surface area contributed by atoms with E-state index in [0.29, 0.717) is 0 Å². The molecule has 0 aliphatic carbocycles. The van der Waals surface area contributed by atoms with Gasteiger partial charge in [0.05, 0.1) is 0 Å². The number of rotatable bonds is 1. The van der Waals surface area contributed by atoms with E-state index in [-0.39, 0.29) is 19.8 Å². The van der Waals surface area contributed by atoms with Crippen molar-refractivity contribution < 1.29 is 24.6 Å². The number of carbonyl (C=O) groups excluding carboxylic acids is 1. The average Bonchev–Trinajstić information content (AvgIpc) is 1.91. The molecular weight excluding hydrogens is 302 g/mol. The molecular formula is C8H6OOs. The van der Waals surface area contributed by atoms with E-state index in [1.54, 1.807) is 5.94 Å². The molecule has 1 rings (SSSR count). The number of hydrogen-bond donors (Lipinski definition) is 0. The van der Waals surface area contributed by atoms with E-state index < -0.39 is 0 Å². The van der Waals surface area contributed by atoms with Crippen LogP contribution >= 0.6 is 0 Å². The predicted octanol–water partition coefficient (Wildman–Crippen LogP) is 1.53. The van der Waals surface area contributed by atoms with Crippen LogP contribution in [0.4, 0.5) is 0 Å². The summed E-state index contributed by atoms with van der Waals surface area (Å²) in [5.41, 5.74) is 0.896. The monoisotopic (exact) mass is 310 g/mol. The molecule has 0 radical (unpaired) electrons. The SMILES string of the molecule is O=C=Cc1ccccc1.[Os]. The van der Waals surface area contributed by atoms with Crippen molar-refractivity contribution in [2.24, 2.45) is 0 Å². The Kier molecular flexibility index (Phi) is 4.76. The predicted molar refractivity (Wildman–Crippen MR) is 36.6 cm³/mol. The van der Waals surface area contributed by atoms with Crippen molar-refractivity contribution >= 4 is 12.0 Å². The third-order valence-electron chi connectivity index (χ3n) is 1.03. The van der Waals surface area contributed by atoms with E-state index in [4.69, 9.17) is 0 Å². The third kappa shape index (κ3) is 2.74. The van der Waals surface area contributed by atoms with Crippen LogP contribution in [-0.2, 0) is 24.6 Å². The first-order chi connectivity index (χ1) is 4.43. The molecule has 1 aromatic rings. The molecule has 0 aliphatic rings. The molecule has 0 heterocycles. The van der Waals surface area contributed by atoms with Crippen LogP contribution in [-0.4, -0.2) is 5.94 Å². The summed E-state index contributed by atoms with van der Waals surface area (Å²) in [6.45, 7) is 0. The molecule has 0 aliphatic heterocycles. The van der Waals surface area contributed by atoms with E-state index in [0.717, 1.165) is 5.56 Å². The molecule has 0 N–H and O–H groups in total. The summed E-state index contributed by atoms with van der Waals surface area (Å²) in [4.78, 5) is 9.79. The zero-order valence-corrected chi connectivity index (χ0v) is 7.77. The molecule has 0 saturated heterocycles. The van der Waals surface area contributed by atoms with Crippen molar-refractivity contribution in [2.45, 2.75) is 0 Å². The Morgan fingerprint density at radius 1 is 1.20 bits per heavy atom. The molecule has 0 atom stereocenters. The molecule has 0 amide bonds. The fourth-order valence-electron chi connectivity index (χ4n) is 0.617. The maximum absolute atomic E-state index is 9.79. The molecule has 1 aromatic carbocycles. The van der Waals surface area contributed by atoms with Gasteiger partial charge in [0, 0.05) is 25.9 Å². The van der Waals surface area contributed by atoms with Crippen LogP contribution in [0.15, 0.2) is 30.3 Å². The average molecular weight is 308 g/mol. The maximum Gasteiger partial charge on any atom is 0.125 e. The fourth-order valence-corrected chi connectivity index (χ4v) is 0.617. The summed E-state index contributed by atoms with van der Waals surface area (Å²) < 4.78 is 0. The van der Waals surface area contributed by atoms with Gasteiger partial charge in [0.15, 0.2) is 0 Å². The van der Waals surface area contributed by atoms with Crippen LogP contribution in [0.25, 0.3) is 6.08 Å². The zero-order valence-electron chi connectivity index (χ0n) is 5.23. The van der Waals surface area contributed by atoms with Gasteiger partial charge < -0.3 is 0 Å². The fraction of sp³-hybridized carbons (Fsp3) is 0. The zero-order chi connectivity index (χ0) is 6.53. The van der Waals surface area contributed by atoms with Gasteiger partial charge >= 0.3 is 0 Å². The van der Waals surface area contributed by atoms with Crippen molar-refractivity contribution in [3.63, 3.8) is 0 Å².